The van der Waals surface area contributed by atoms with E-state index in [1.807, 2.05) is 0 Å². The van der Waals surface area contributed by atoms with Gasteiger partial charge in [0.25, 0.3) is 5.91 Å². The summed E-state index contributed by atoms with van der Waals surface area (Å²) in [5.74, 6) is -0.881. The molecule has 1 aromatic rings. The summed E-state index contributed by atoms with van der Waals surface area (Å²) in [7, 11) is 0. The highest BCUT2D eigenvalue weighted by molar-refractivity contribution is 9.10. The molecule has 1 aliphatic rings. The van der Waals surface area contributed by atoms with E-state index in [0.29, 0.717) is 4.67 Å². The van der Waals surface area contributed by atoms with Crippen LogP contribution in [0.3, 0.4) is 0 Å². The van der Waals surface area contributed by atoms with E-state index in [0.717, 1.165) is 25.9 Å². The molecule has 0 spiro atoms. The van der Waals surface area contributed by atoms with Crippen molar-refractivity contribution in [1.82, 2.24) is 15.5 Å². The Bertz CT molecular complexity index is 537. The highest BCUT2D eigenvalue weighted by Gasteiger charge is 2.18. The highest BCUT2D eigenvalue weighted by Crippen LogP contribution is 2.13. The zero-order valence-electron chi connectivity index (χ0n) is 11.4. The fourth-order valence-corrected chi connectivity index (χ4v) is 2.31. The molecular formula is C13H16BrN3O4. The van der Waals surface area contributed by atoms with E-state index >= 15 is 0 Å². The first-order valence-electron chi connectivity index (χ1n) is 6.64. The second-order valence-electron chi connectivity index (χ2n) is 4.65. The third kappa shape index (κ3) is 4.59. The Balaban J connectivity index is 1.67. The van der Waals surface area contributed by atoms with Crippen LogP contribution < -0.4 is 10.6 Å². The van der Waals surface area contributed by atoms with Gasteiger partial charge in [-0.15, -0.1) is 0 Å². The van der Waals surface area contributed by atoms with Gasteiger partial charge in [0.05, 0.1) is 13.1 Å². The van der Waals surface area contributed by atoms with Crippen molar-refractivity contribution in [2.45, 2.75) is 12.8 Å². The lowest BCUT2D eigenvalue weighted by Crippen LogP contribution is -2.42. The van der Waals surface area contributed by atoms with Crippen LogP contribution in [0.25, 0.3) is 0 Å². The van der Waals surface area contributed by atoms with Crippen molar-refractivity contribution in [2.24, 2.45) is 0 Å². The molecule has 0 saturated carbocycles. The first kappa shape index (κ1) is 15.6. The number of hydrogen-bond donors (Lipinski definition) is 2. The van der Waals surface area contributed by atoms with Crippen LogP contribution in [0.2, 0.25) is 0 Å². The zero-order valence-corrected chi connectivity index (χ0v) is 12.9. The molecule has 1 aliphatic heterocycles. The number of nitrogens with one attached hydrogen (secondary N) is 2. The summed E-state index contributed by atoms with van der Waals surface area (Å²) in [6.07, 6.45) is 2.02. The maximum Gasteiger partial charge on any atom is 0.287 e. The van der Waals surface area contributed by atoms with Crippen LogP contribution in [0.4, 0.5) is 0 Å². The van der Waals surface area contributed by atoms with Crippen LogP contribution in [-0.4, -0.2) is 48.8 Å². The molecule has 2 rings (SSSR count). The molecule has 1 fully saturated rings. The average Bonchev–Trinajstić information content (AvgIpc) is 3.13. The molecule has 0 aromatic carbocycles. The van der Waals surface area contributed by atoms with Gasteiger partial charge in [0.2, 0.25) is 11.8 Å². The molecule has 1 aromatic heterocycles. The Morgan fingerprint density at radius 3 is 2.48 bits per heavy atom. The van der Waals surface area contributed by atoms with Crippen molar-refractivity contribution in [3.8, 4) is 0 Å². The Hall–Kier alpha value is -1.83. The van der Waals surface area contributed by atoms with Crippen LogP contribution in [-0.2, 0) is 9.59 Å². The van der Waals surface area contributed by atoms with Crippen molar-refractivity contribution < 1.29 is 18.8 Å². The standard InChI is InChI=1S/C13H16BrN3O4/c14-10-4-3-9(21-10)13(20)16-7-11(18)15-8-12(19)17-5-1-2-6-17/h3-4H,1-2,5-8H2,(H,15,18)(H,16,20). The molecule has 3 amide bonds. The molecule has 0 unspecified atom stereocenters. The first-order valence-corrected chi connectivity index (χ1v) is 7.43. The van der Waals surface area contributed by atoms with Gasteiger partial charge < -0.3 is 20.0 Å². The van der Waals surface area contributed by atoms with E-state index in [1.54, 1.807) is 11.0 Å². The van der Waals surface area contributed by atoms with Crippen LogP contribution in [0.5, 0.6) is 0 Å². The second kappa shape index (κ2) is 7.26. The number of likely N-dealkylation sites (tertiary alicyclic amines) is 1. The third-order valence-corrected chi connectivity index (χ3v) is 3.53. The molecule has 0 bridgehead atoms. The third-order valence-electron chi connectivity index (χ3n) is 3.10. The summed E-state index contributed by atoms with van der Waals surface area (Å²) in [4.78, 5) is 36.6. The minimum Gasteiger partial charge on any atom is -0.444 e. The summed E-state index contributed by atoms with van der Waals surface area (Å²) in [5, 5.41) is 4.90. The Labute approximate surface area is 130 Å². The number of furan rings is 1. The van der Waals surface area contributed by atoms with Gasteiger partial charge in [0.1, 0.15) is 0 Å². The van der Waals surface area contributed by atoms with Gasteiger partial charge in [-0.2, -0.15) is 0 Å². The molecule has 0 atom stereocenters. The molecule has 8 heteroatoms. The van der Waals surface area contributed by atoms with E-state index in [1.165, 1.54) is 6.07 Å². The summed E-state index contributed by atoms with van der Waals surface area (Å²) in [6, 6.07) is 3.08. The van der Waals surface area contributed by atoms with Gasteiger partial charge in [-0.1, -0.05) is 0 Å². The predicted octanol–water partition coefficient (Wildman–Crippen LogP) is 0.510. The molecule has 2 heterocycles. The van der Waals surface area contributed by atoms with Crippen molar-refractivity contribution in [1.29, 1.82) is 0 Å². The average molecular weight is 358 g/mol. The Morgan fingerprint density at radius 1 is 1.14 bits per heavy atom. The SMILES string of the molecule is O=C(CNC(=O)c1ccc(Br)o1)NCC(=O)N1CCCC1. The van der Waals surface area contributed by atoms with E-state index in [2.05, 4.69) is 26.6 Å². The lowest BCUT2D eigenvalue weighted by molar-refractivity contribution is -0.131. The normalized spacial score (nSPS) is 14.0. The van der Waals surface area contributed by atoms with Gasteiger partial charge in [-0.3, -0.25) is 14.4 Å². The van der Waals surface area contributed by atoms with Crippen molar-refractivity contribution in [3.63, 3.8) is 0 Å². The fraction of sp³-hybridized carbons (Fsp3) is 0.462. The second-order valence-corrected chi connectivity index (χ2v) is 5.43. The molecule has 2 N–H and O–H groups in total. The monoisotopic (exact) mass is 357 g/mol. The van der Waals surface area contributed by atoms with Crippen molar-refractivity contribution in [2.75, 3.05) is 26.2 Å². The van der Waals surface area contributed by atoms with E-state index in [9.17, 15) is 14.4 Å². The van der Waals surface area contributed by atoms with Crippen LogP contribution in [0.15, 0.2) is 21.2 Å². The Kier molecular flexibility index (Phi) is 5.38. The van der Waals surface area contributed by atoms with Gasteiger partial charge >= 0.3 is 0 Å². The van der Waals surface area contributed by atoms with Gasteiger partial charge in [-0.05, 0) is 40.9 Å². The number of amides is 3. The van der Waals surface area contributed by atoms with E-state index in [-0.39, 0.29) is 24.8 Å². The number of carbonyl (C=O) groups excluding carboxylic acids is 3. The molecule has 0 aliphatic carbocycles. The lowest BCUT2D eigenvalue weighted by atomic mass is 10.4. The smallest absolute Gasteiger partial charge is 0.287 e. The topological polar surface area (TPSA) is 91.6 Å². The maximum atomic E-state index is 11.7. The minimum absolute atomic E-state index is 0.0407. The Morgan fingerprint density at radius 2 is 1.86 bits per heavy atom. The van der Waals surface area contributed by atoms with E-state index in [4.69, 9.17) is 4.42 Å². The highest BCUT2D eigenvalue weighted by atomic mass is 79.9. The van der Waals surface area contributed by atoms with Crippen LogP contribution in [0, 0.1) is 0 Å². The summed E-state index contributed by atoms with van der Waals surface area (Å²) < 4.78 is 5.49. The number of rotatable bonds is 5. The van der Waals surface area contributed by atoms with Crippen molar-refractivity contribution >= 4 is 33.7 Å². The fourth-order valence-electron chi connectivity index (χ4n) is 2.00. The molecule has 1 saturated heterocycles. The number of hydrogen-bond acceptors (Lipinski definition) is 4. The largest absolute Gasteiger partial charge is 0.444 e. The maximum absolute atomic E-state index is 11.7. The summed E-state index contributed by atoms with van der Waals surface area (Å²) >= 11 is 3.09. The molecule has 114 valence electrons. The van der Waals surface area contributed by atoms with Gasteiger partial charge in [0.15, 0.2) is 10.4 Å². The van der Waals surface area contributed by atoms with Crippen LogP contribution >= 0.6 is 15.9 Å². The lowest BCUT2D eigenvalue weighted by Gasteiger charge is -2.15. The first-order chi connectivity index (χ1) is 10.1. The molecule has 21 heavy (non-hydrogen) atoms. The number of halogens is 1. The van der Waals surface area contributed by atoms with Gasteiger partial charge in [0, 0.05) is 13.1 Å². The molecular weight excluding hydrogens is 342 g/mol. The van der Waals surface area contributed by atoms with Crippen LogP contribution in [0.1, 0.15) is 23.4 Å². The predicted molar refractivity (Wildman–Crippen MR) is 77.6 cm³/mol. The quantitative estimate of drug-likeness (QED) is 0.803. The summed E-state index contributed by atoms with van der Waals surface area (Å²) in [6.45, 7) is 1.25. The molecule has 0 radical (unpaired) electrons. The summed E-state index contributed by atoms with van der Waals surface area (Å²) in [5.41, 5.74) is 0. The zero-order chi connectivity index (χ0) is 15.2. The minimum atomic E-state index is -0.485. The van der Waals surface area contributed by atoms with E-state index < -0.39 is 11.8 Å². The van der Waals surface area contributed by atoms with Crippen molar-refractivity contribution in [3.05, 3.63) is 22.6 Å². The molecule has 7 nitrogen and oxygen atoms in total. The number of nitrogens with zero attached hydrogens (tertiary/aromatic N) is 1. The number of carbonyl (C=O) groups is 3. The van der Waals surface area contributed by atoms with Gasteiger partial charge in [-0.25, -0.2) is 0 Å².